The second-order valence-electron chi connectivity index (χ2n) is 8.12. The summed E-state index contributed by atoms with van der Waals surface area (Å²) in [7, 11) is -1.42. The summed E-state index contributed by atoms with van der Waals surface area (Å²) >= 11 is 0. The lowest BCUT2D eigenvalue weighted by Crippen LogP contribution is -2.15. The van der Waals surface area contributed by atoms with E-state index >= 15 is 0 Å². The summed E-state index contributed by atoms with van der Waals surface area (Å²) in [6.07, 6.45) is 0.764. The molecule has 0 aromatic heterocycles. The molecule has 0 aliphatic carbocycles. The van der Waals surface area contributed by atoms with E-state index in [2.05, 4.69) is 41.5 Å². The van der Waals surface area contributed by atoms with Crippen molar-refractivity contribution in [2.24, 2.45) is 5.41 Å². The molecule has 5 heteroatoms. The van der Waals surface area contributed by atoms with Gasteiger partial charge in [-0.05, 0) is 48.8 Å². The fraction of sp³-hybridized carbons (Fsp3) is 0.684. The first-order valence-corrected chi connectivity index (χ1v) is 9.67. The van der Waals surface area contributed by atoms with Crippen molar-refractivity contribution in [3.05, 3.63) is 23.3 Å². The Labute approximate surface area is 148 Å². The van der Waals surface area contributed by atoms with Gasteiger partial charge in [-0.1, -0.05) is 41.5 Å². The number of phenols is 1. The number of benzene rings is 1. The maximum absolute atomic E-state index is 10.7. The molecular weight excluding hydrogens is 323 g/mol. The average Bonchev–Trinajstić information content (AvgIpc) is 2.40. The van der Waals surface area contributed by atoms with Gasteiger partial charge >= 0.3 is 8.60 Å². The first-order chi connectivity index (χ1) is 11.0. The normalized spacial score (nSPS) is 12.7. The second kappa shape index (κ2) is 8.51. The van der Waals surface area contributed by atoms with Gasteiger partial charge in [0.15, 0.2) is 0 Å². The van der Waals surface area contributed by atoms with Crippen molar-refractivity contribution in [1.29, 1.82) is 0 Å². The second-order valence-corrected chi connectivity index (χ2v) is 9.26. The molecule has 24 heavy (non-hydrogen) atoms. The topological polar surface area (TPSA) is 47.9 Å². The van der Waals surface area contributed by atoms with Gasteiger partial charge in [0, 0.05) is 5.56 Å². The predicted octanol–water partition coefficient (Wildman–Crippen LogP) is 5.96. The van der Waals surface area contributed by atoms with Crippen molar-refractivity contribution in [2.45, 2.75) is 67.2 Å². The van der Waals surface area contributed by atoms with Crippen LogP contribution in [0.3, 0.4) is 0 Å². The minimum absolute atomic E-state index is 0.0653. The molecule has 0 spiro atoms. The van der Waals surface area contributed by atoms with Gasteiger partial charge in [0.1, 0.15) is 11.5 Å². The highest BCUT2D eigenvalue weighted by atomic mass is 31.2. The predicted molar refractivity (Wildman–Crippen MR) is 101 cm³/mol. The van der Waals surface area contributed by atoms with Crippen LogP contribution in [-0.2, 0) is 20.9 Å². The molecule has 138 valence electrons. The van der Waals surface area contributed by atoms with Crippen molar-refractivity contribution >= 4 is 8.60 Å². The Morgan fingerprint density at radius 2 is 1.50 bits per heavy atom. The van der Waals surface area contributed by atoms with Gasteiger partial charge in [0.2, 0.25) is 0 Å². The van der Waals surface area contributed by atoms with Crippen LogP contribution in [0, 0.1) is 5.41 Å². The number of aromatic hydroxyl groups is 1. The first kappa shape index (κ1) is 21.2. The lowest BCUT2D eigenvalue weighted by Gasteiger charge is -2.26. The highest BCUT2D eigenvalue weighted by Crippen LogP contribution is 2.45. The molecule has 0 aliphatic heterocycles. The zero-order chi connectivity index (χ0) is 18.5. The van der Waals surface area contributed by atoms with Gasteiger partial charge in [0.05, 0.1) is 13.2 Å². The molecule has 0 saturated heterocycles. The maximum atomic E-state index is 10.7. The maximum Gasteiger partial charge on any atom is 0.397 e. The van der Waals surface area contributed by atoms with E-state index in [4.69, 9.17) is 13.6 Å². The van der Waals surface area contributed by atoms with E-state index in [0.29, 0.717) is 24.7 Å². The van der Waals surface area contributed by atoms with Crippen LogP contribution in [0.5, 0.6) is 11.5 Å². The van der Waals surface area contributed by atoms with Crippen LogP contribution in [0.25, 0.3) is 0 Å². The van der Waals surface area contributed by atoms with E-state index in [1.165, 1.54) is 0 Å². The Bertz CT molecular complexity index is 523. The summed E-state index contributed by atoms with van der Waals surface area (Å²) in [4.78, 5) is 0. The molecule has 0 heterocycles. The molecule has 1 aromatic carbocycles. The molecule has 0 fully saturated rings. The molecule has 0 amide bonds. The van der Waals surface area contributed by atoms with Crippen LogP contribution in [0.1, 0.15) is 66.5 Å². The molecule has 1 N–H and O–H groups in total. The number of rotatable bonds is 7. The summed E-state index contributed by atoms with van der Waals surface area (Å²) in [5, 5.41) is 10.7. The van der Waals surface area contributed by atoms with Crippen molar-refractivity contribution in [3.63, 3.8) is 0 Å². The standard InChI is InChI=1S/C19H33O4P/c1-9-21-24(22-10-2)23-15-11-14(13-18(3,4)5)17(20)16(12-15)19(6,7)8/h11-12,20H,9-10,13H2,1-8H3. The van der Waals surface area contributed by atoms with Crippen molar-refractivity contribution in [2.75, 3.05) is 13.2 Å². The third kappa shape index (κ3) is 6.58. The third-order valence-electron chi connectivity index (χ3n) is 3.34. The summed E-state index contributed by atoms with van der Waals surface area (Å²) in [5.74, 6) is 1.05. The number of hydrogen-bond acceptors (Lipinski definition) is 4. The quantitative estimate of drug-likeness (QED) is 0.613. The zero-order valence-corrected chi connectivity index (χ0v) is 17.3. The first-order valence-electron chi connectivity index (χ1n) is 8.58. The summed E-state index contributed by atoms with van der Waals surface area (Å²) < 4.78 is 17.0. The van der Waals surface area contributed by atoms with E-state index < -0.39 is 8.60 Å². The molecule has 0 bridgehead atoms. The fourth-order valence-corrected chi connectivity index (χ4v) is 3.26. The minimum atomic E-state index is -1.42. The van der Waals surface area contributed by atoms with Gasteiger partial charge in [-0.25, -0.2) is 0 Å². The van der Waals surface area contributed by atoms with E-state index in [9.17, 15) is 5.11 Å². The zero-order valence-electron chi connectivity index (χ0n) is 16.4. The van der Waals surface area contributed by atoms with Crippen LogP contribution in [0.2, 0.25) is 0 Å². The highest BCUT2D eigenvalue weighted by Gasteiger charge is 2.25. The van der Waals surface area contributed by atoms with Gasteiger partial charge in [-0.3, -0.25) is 0 Å². The Kier molecular flexibility index (Phi) is 7.52. The molecule has 0 unspecified atom stereocenters. The lowest BCUT2D eigenvalue weighted by molar-refractivity contribution is 0.221. The highest BCUT2D eigenvalue weighted by molar-refractivity contribution is 7.42. The molecule has 4 nitrogen and oxygen atoms in total. The molecule has 0 saturated carbocycles. The molecule has 1 rings (SSSR count). The van der Waals surface area contributed by atoms with E-state index in [1.807, 2.05) is 26.0 Å². The fourth-order valence-electron chi connectivity index (χ4n) is 2.38. The van der Waals surface area contributed by atoms with Crippen LogP contribution in [0.15, 0.2) is 12.1 Å². The van der Waals surface area contributed by atoms with E-state index in [0.717, 1.165) is 17.5 Å². The molecule has 0 radical (unpaired) electrons. The monoisotopic (exact) mass is 356 g/mol. The molecule has 1 aromatic rings. The summed E-state index contributed by atoms with van der Waals surface area (Å²) in [6.45, 7) is 17.6. The van der Waals surface area contributed by atoms with Crippen molar-refractivity contribution in [1.82, 2.24) is 0 Å². The van der Waals surface area contributed by atoms with Crippen molar-refractivity contribution in [3.8, 4) is 11.5 Å². The largest absolute Gasteiger partial charge is 0.507 e. The number of phenolic OH excluding ortho intramolecular Hbond substituents is 1. The average molecular weight is 356 g/mol. The third-order valence-corrected chi connectivity index (χ3v) is 4.64. The van der Waals surface area contributed by atoms with Gasteiger partial charge in [-0.2, -0.15) is 0 Å². The minimum Gasteiger partial charge on any atom is -0.507 e. The Balaban J connectivity index is 3.26. The van der Waals surface area contributed by atoms with E-state index in [-0.39, 0.29) is 10.8 Å². The summed E-state index contributed by atoms with van der Waals surface area (Å²) in [6, 6.07) is 3.80. The van der Waals surface area contributed by atoms with Crippen LogP contribution in [-0.4, -0.2) is 18.3 Å². The molecule has 0 aliphatic rings. The Hall–Kier alpha value is -0.830. The Morgan fingerprint density at radius 3 is 1.92 bits per heavy atom. The van der Waals surface area contributed by atoms with Crippen molar-refractivity contribution < 1.29 is 18.7 Å². The summed E-state index contributed by atoms with van der Waals surface area (Å²) in [5.41, 5.74) is 1.65. The lowest BCUT2D eigenvalue weighted by atomic mass is 9.81. The molecular formula is C19H33O4P. The number of hydrogen-bond donors (Lipinski definition) is 1. The van der Waals surface area contributed by atoms with Crippen LogP contribution < -0.4 is 4.52 Å². The van der Waals surface area contributed by atoms with Crippen LogP contribution in [0.4, 0.5) is 0 Å². The van der Waals surface area contributed by atoms with Gasteiger partial charge in [0.25, 0.3) is 0 Å². The van der Waals surface area contributed by atoms with Gasteiger partial charge in [-0.15, -0.1) is 0 Å². The smallest absolute Gasteiger partial charge is 0.397 e. The van der Waals surface area contributed by atoms with Crippen LogP contribution >= 0.6 is 8.60 Å². The SMILES string of the molecule is CCOP(OCC)Oc1cc(CC(C)(C)C)c(O)c(C(C)(C)C)c1. The molecule has 0 atom stereocenters. The van der Waals surface area contributed by atoms with Gasteiger partial charge < -0.3 is 18.7 Å². The Morgan fingerprint density at radius 1 is 0.958 bits per heavy atom. The van der Waals surface area contributed by atoms with E-state index in [1.54, 1.807) is 0 Å².